The van der Waals surface area contributed by atoms with E-state index in [4.69, 9.17) is 4.42 Å². The minimum atomic E-state index is 0.154. The fourth-order valence-corrected chi connectivity index (χ4v) is 3.10. The van der Waals surface area contributed by atoms with Crippen LogP contribution in [0.15, 0.2) is 40.9 Å². The summed E-state index contributed by atoms with van der Waals surface area (Å²) in [6.45, 7) is 6.34. The van der Waals surface area contributed by atoms with Crippen LogP contribution in [0.1, 0.15) is 41.6 Å². The van der Waals surface area contributed by atoms with Crippen molar-refractivity contribution in [3.05, 3.63) is 52.2 Å². The minimum Gasteiger partial charge on any atom is -0.459 e. The Balaban J connectivity index is 1.76. The molecule has 0 saturated heterocycles. The Morgan fingerprint density at radius 1 is 1.20 bits per heavy atom. The first-order valence-corrected chi connectivity index (χ1v) is 7.62. The van der Waals surface area contributed by atoms with Gasteiger partial charge in [-0.15, -0.1) is 11.3 Å². The van der Waals surface area contributed by atoms with Crippen molar-refractivity contribution >= 4 is 22.3 Å². The summed E-state index contributed by atoms with van der Waals surface area (Å²) in [5.41, 5.74) is 0.939. The van der Waals surface area contributed by atoms with Crippen LogP contribution >= 0.6 is 11.3 Å². The predicted octanol–water partition coefficient (Wildman–Crippen LogP) is 4.61. The standard InChI is InChI=1S/C16H18N2OS/c1-10-9-17-16(20-10)12(3)18-11(2)15-8-13-6-4-5-7-14(13)19-15/h4-9,11-12,18H,1-3H3/t11-,12+/m0/s1. The summed E-state index contributed by atoms with van der Waals surface area (Å²) in [7, 11) is 0. The quantitative estimate of drug-likeness (QED) is 0.761. The highest BCUT2D eigenvalue weighted by atomic mass is 32.1. The van der Waals surface area contributed by atoms with E-state index in [0.717, 1.165) is 21.7 Å². The van der Waals surface area contributed by atoms with Crippen molar-refractivity contribution in [2.45, 2.75) is 32.9 Å². The number of thiazole rings is 1. The van der Waals surface area contributed by atoms with E-state index in [1.165, 1.54) is 4.88 Å². The normalized spacial score (nSPS) is 14.6. The van der Waals surface area contributed by atoms with Crippen molar-refractivity contribution in [2.75, 3.05) is 0 Å². The largest absolute Gasteiger partial charge is 0.459 e. The molecule has 1 aromatic carbocycles. The molecule has 0 saturated carbocycles. The maximum atomic E-state index is 5.89. The zero-order chi connectivity index (χ0) is 14.1. The summed E-state index contributed by atoms with van der Waals surface area (Å²) in [4.78, 5) is 5.67. The van der Waals surface area contributed by atoms with Crippen molar-refractivity contribution < 1.29 is 4.42 Å². The van der Waals surface area contributed by atoms with Gasteiger partial charge in [-0.25, -0.2) is 4.98 Å². The van der Waals surface area contributed by atoms with E-state index < -0.39 is 0 Å². The number of hydrogen-bond donors (Lipinski definition) is 1. The SMILES string of the molecule is Cc1cnc([C@@H](C)N[C@@H](C)c2cc3ccccc3o2)s1. The number of aromatic nitrogens is 1. The molecule has 3 nitrogen and oxygen atoms in total. The smallest absolute Gasteiger partial charge is 0.134 e. The second-order valence-electron chi connectivity index (χ2n) is 5.11. The highest BCUT2D eigenvalue weighted by Gasteiger charge is 2.16. The third kappa shape index (κ3) is 2.62. The summed E-state index contributed by atoms with van der Waals surface area (Å²) >= 11 is 1.73. The second-order valence-corrected chi connectivity index (χ2v) is 6.37. The van der Waals surface area contributed by atoms with Crippen molar-refractivity contribution in [2.24, 2.45) is 0 Å². The Bertz CT molecular complexity index is 683. The van der Waals surface area contributed by atoms with Gasteiger partial charge in [-0.3, -0.25) is 5.32 Å². The molecule has 0 amide bonds. The Morgan fingerprint density at radius 3 is 2.70 bits per heavy atom. The topological polar surface area (TPSA) is 38.1 Å². The fraction of sp³-hybridized carbons (Fsp3) is 0.312. The van der Waals surface area contributed by atoms with Gasteiger partial charge in [0.1, 0.15) is 16.4 Å². The van der Waals surface area contributed by atoms with Crippen LogP contribution in [-0.4, -0.2) is 4.98 Å². The number of hydrogen-bond acceptors (Lipinski definition) is 4. The Morgan fingerprint density at radius 2 is 2.00 bits per heavy atom. The van der Waals surface area contributed by atoms with Crippen LogP contribution in [0.2, 0.25) is 0 Å². The van der Waals surface area contributed by atoms with Crippen molar-refractivity contribution in [1.29, 1.82) is 0 Å². The molecule has 20 heavy (non-hydrogen) atoms. The van der Waals surface area contributed by atoms with Crippen LogP contribution in [0.4, 0.5) is 0 Å². The van der Waals surface area contributed by atoms with E-state index in [-0.39, 0.29) is 12.1 Å². The third-order valence-electron chi connectivity index (χ3n) is 3.38. The molecule has 3 aromatic rings. The zero-order valence-corrected chi connectivity index (χ0v) is 12.7. The van der Waals surface area contributed by atoms with Gasteiger partial charge in [0, 0.05) is 16.5 Å². The lowest BCUT2D eigenvalue weighted by atomic mass is 10.2. The maximum Gasteiger partial charge on any atom is 0.134 e. The van der Waals surface area contributed by atoms with Gasteiger partial charge in [-0.1, -0.05) is 18.2 Å². The molecule has 0 aliphatic rings. The van der Waals surface area contributed by atoms with Crippen LogP contribution < -0.4 is 5.32 Å². The molecule has 0 aliphatic carbocycles. The Kier molecular flexibility index (Phi) is 3.59. The summed E-state index contributed by atoms with van der Waals surface area (Å²) in [5, 5.41) is 5.80. The maximum absolute atomic E-state index is 5.89. The Labute approximate surface area is 122 Å². The molecule has 0 bridgehead atoms. The molecule has 2 aromatic heterocycles. The van der Waals surface area contributed by atoms with Gasteiger partial charge in [0.25, 0.3) is 0 Å². The molecular weight excluding hydrogens is 268 g/mol. The first-order valence-electron chi connectivity index (χ1n) is 6.80. The molecule has 4 heteroatoms. The number of fused-ring (bicyclic) bond motifs is 1. The van der Waals surface area contributed by atoms with Crippen LogP contribution in [0.5, 0.6) is 0 Å². The molecular formula is C16H18N2OS. The molecule has 0 aliphatic heterocycles. The van der Waals surface area contributed by atoms with Crippen LogP contribution in [0.3, 0.4) is 0 Å². The number of aryl methyl sites for hydroxylation is 1. The van der Waals surface area contributed by atoms with E-state index in [9.17, 15) is 0 Å². The molecule has 0 fully saturated rings. The molecule has 0 radical (unpaired) electrons. The van der Waals surface area contributed by atoms with Crippen molar-refractivity contribution in [3.8, 4) is 0 Å². The van der Waals surface area contributed by atoms with Gasteiger partial charge in [0.05, 0.1) is 12.1 Å². The molecule has 0 spiro atoms. The van der Waals surface area contributed by atoms with E-state index in [0.29, 0.717) is 0 Å². The van der Waals surface area contributed by atoms with Gasteiger partial charge >= 0.3 is 0 Å². The number of para-hydroxylation sites is 1. The van der Waals surface area contributed by atoms with Crippen LogP contribution in [0, 0.1) is 6.92 Å². The lowest BCUT2D eigenvalue weighted by Gasteiger charge is -2.16. The summed E-state index contributed by atoms with van der Waals surface area (Å²) in [6, 6.07) is 10.6. The zero-order valence-electron chi connectivity index (χ0n) is 11.9. The highest BCUT2D eigenvalue weighted by molar-refractivity contribution is 7.11. The monoisotopic (exact) mass is 286 g/mol. The van der Waals surface area contributed by atoms with Gasteiger partial charge in [0.2, 0.25) is 0 Å². The van der Waals surface area contributed by atoms with E-state index in [2.05, 4.69) is 43.2 Å². The average Bonchev–Trinajstić information content (AvgIpc) is 3.04. The number of rotatable bonds is 4. The van der Waals surface area contributed by atoms with Crippen LogP contribution in [0.25, 0.3) is 11.0 Å². The molecule has 3 rings (SSSR count). The first-order chi connectivity index (χ1) is 9.63. The second kappa shape index (κ2) is 5.38. The van der Waals surface area contributed by atoms with E-state index in [1.54, 1.807) is 11.3 Å². The lowest BCUT2D eigenvalue weighted by Crippen LogP contribution is -2.21. The fourth-order valence-electron chi connectivity index (χ4n) is 2.32. The first kappa shape index (κ1) is 13.3. The molecule has 0 unspecified atom stereocenters. The van der Waals surface area contributed by atoms with Gasteiger partial charge in [0.15, 0.2) is 0 Å². The van der Waals surface area contributed by atoms with Crippen LogP contribution in [-0.2, 0) is 0 Å². The predicted molar refractivity (Wildman–Crippen MR) is 83.0 cm³/mol. The number of furan rings is 1. The molecule has 2 atom stereocenters. The van der Waals surface area contributed by atoms with Gasteiger partial charge in [-0.2, -0.15) is 0 Å². The number of benzene rings is 1. The highest BCUT2D eigenvalue weighted by Crippen LogP contribution is 2.26. The van der Waals surface area contributed by atoms with E-state index >= 15 is 0 Å². The molecule has 104 valence electrons. The minimum absolute atomic E-state index is 0.154. The molecule has 1 N–H and O–H groups in total. The Hall–Kier alpha value is -1.65. The molecule has 2 heterocycles. The van der Waals surface area contributed by atoms with Gasteiger partial charge in [-0.05, 0) is 32.9 Å². The number of nitrogens with one attached hydrogen (secondary N) is 1. The lowest BCUT2D eigenvalue weighted by molar-refractivity contribution is 0.416. The van der Waals surface area contributed by atoms with Crippen molar-refractivity contribution in [3.63, 3.8) is 0 Å². The summed E-state index contributed by atoms with van der Waals surface area (Å²) < 4.78 is 5.89. The summed E-state index contributed by atoms with van der Waals surface area (Å²) in [5.74, 6) is 0.964. The van der Waals surface area contributed by atoms with E-state index in [1.807, 2.05) is 24.4 Å². The van der Waals surface area contributed by atoms with Gasteiger partial charge < -0.3 is 4.42 Å². The third-order valence-corrected chi connectivity index (χ3v) is 4.48. The average molecular weight is 286 g/mol. The number of nitrogens with zero attached hydrogens (tertiary/aromatic N) is 1. The summed E-state index contributed by atoms with van der Waals surface area (Å²) in [6.07, 6.45) is 1.92. The van der Waals surface area contributed by atoms with Crippen molar-refractivity contribution in [1.82, 2.24) is 10.3 Å².